The van der Waals surface area contributed by atoms with Crippen molar-refractivity contribution in [2.45, 2.75) is 12.8 Å². The Kier molecular flexibility index (Phi) is 2.00. The topological polar surface area (TPSA) is 12.4 Å². The van der Waals surface area contributed by atoms with Crippen LogP contribution in [0.4, 0.5) is 5.69 Å². The highest BCUT2D eigenvalue weighted by Gasteiger charge is 2.11. The summed E-state index contributed by atoms with van der Waals surface area (Å²) in [6.45, 7) is 0. The van der Waals surface area contributed by atoms with Crippen molar-refractivity contribution in [3.8, 4) is 0 Å². The van der Waals surface area contributed by atoms with Crippen molar-refractivity contribution in [1.82, 2.24) is 0 Å². The molecule has 0 amide bonds. The predicted molar refractivity (Wildman–Crippen MR) is 65.4 cm³/mol. The van der Waals surface area contributed by atoms with E-state index in [4.69, 9.17) is 11.6 Å². The Morgan fingerprint density at radius 1 is 1.13 bits per heavy atom. The minimum Gasteiger partial charge on any atom is -0.260 e. The van der Waals surface area contributed by atoms with Crippen molar-refractivity contribution in [3.63, 3.8) is 0 Å². The molecule has 2 aromatic carbocycles. The Labute approximate surface area is 93.4 Å². The molecule has 0 spiro atoms. The molecular formula is C13H10ClN. The van der Waals surface area contributed by atoms with Crippen molar-refractivity contribution >= 4 is 34.3 Å². The first kappa shape index (κ1) is 8.93. The fourth-order valence-electron chi connectivity index (χ4n) is 2.08. The standard InChI is InChI=1S/C13H10ClN/c14-11-5-1-3-9-6-7-10-4-2-8-15-13(10)12(9)11/h1,3,5-8H,2,4H2. The first-order chi connectivity index (χ1) is 7.36. The monoisotopic (exact) mass is 215 g/mol. The summed E-state index contributed by atoms with van der Waals surface area (Å²) in [5.74, 6) is 0. The van der Waals surface area contributed by atoms with Gasteiger partial charge in [-0.15, -0.1) is 0 Å². The molecule has 2 heteroatoms. The highest BCUT2D eigenvalue weighted by Crippen LogP contribution is 2.36. The molecule has 1 heterocycles. The van der Waals surface area contributed by atoms with Gasteiger partial charge in [0.1, 0.15) is 0 Å². The summed E-state index contributed by atoms with van der Waals surface area (Å²) >= 11 is 6.22. The van der Waals surface area contributed by atoms with Gasteiger partial charge in [-0.05, 0) is 29.9 Å². The Bertz CT molecular complexity index is 558. The van der Waals surface area contributed by atoms with Crippen molar-refractivity contribution in [2.75, 3.05) is 0 Å². The highest BCUT2D eigenvalue weighted by molar-refractivity contribution is 6.36. The fourth-order valence-corrected chi connectivity index (χ4v) is 2.36. The maximum absolute atomic E-state index is 6.22. The zero-order valence-corrected chi connectivity index (χ0v) is 8.96. The van der Waals surface area contributed by atoms with Gasteiger partial charge in [-0.3, -0.25) is 4.99 Å². The van der Waals surface area contributed by atoms with Crippen molar-refractivity contribution in [2.24, 2.45) is 4.99 Å². The van der Waals surface area contributed by atoms with E-state index < -0.39 is 0 Å². The molecule has 0 unspecified atom stereocenters. The summed E-state index contributed by atoms with van der Waals surface area (Å²) in [4.78, 5) is 4.47. The molecule has 0 aliphatic carbocycles. The molecule has 2 aromatic rings. The van der Waals surface area contributed by atoms with E-state index >= 15 is 0 Å². The first-order valence-electron chi connectivity index (χ1n) is 5.09. The van der Waals surface area contributed by atoms with Gasteiger partial charge in [0.05, 0.1) is 10.7 Å². The second-order valence-corrected chi connectivity index (χ2v) is 4.17. The van der Waals surface area contributed by atoms with Gasteiger partial charge in [-0.1, -0.05) is 35.9 Å². The summed E-state index contributed by atoms with van der Waals surface area (Å²) in [6.07, 6.45) is 4.08. The molecule has 1 aliphatic rings. The lowest BCUT2D eigenvalue weighted by Gasteiger charge is -2.13. The van der Waals surface area contributed by atoms with Crippen LogP contribution in [0.25, 0.3) is 10.8 Å². The average molecular weight is 216 g/mol. The third kappa shape index (κ3) is 1.35. The lowest BCUT2D eigenvalue weighted by molar-refractivity contribution is 1.03. The van der Waals surface area contributed by atoms with Crippen molar-refractivity contribution in [3.05, 3.63) is 40.9 Å². The van der Waals surface area contributed by atoms with E-state index in [0.29, 0.717) is 0 Å². The Morgan fingerprint density at radius 3 is 3.00 bits per heavy atom. The van der Waals surface area contributed by atoms with E-state index in [-0.39, 0.29) is 0 Å². The number of aryl methyl sites for hydroxylation is 1. The van der Waals surface area contributed by atoms with Gasteiger partial charge in [0.15, 0.2) is 0 Å². The zero-order valence-electron chi connectivity index (χ0n) is 8.20. The van der Waals surface area contributed by atoms with Crippen LogP contribution >= 0.6 is 11.6 Å². The van der Waals surface area contributed by atoms with Gasteiger partial charge in [-0.25, -0.2) is 0 Å². The van der Waals surface area contributed by atoms with Crippen LogP contribution in [0.5, 0.6) is 0 Å². The van der Waals surface area contributed by atoms with E-state index in [0.717, 1.165) is 28.9 Å². The maximum atomic E-state index is 6.22. The van der Waals surface area contributed by atoms with Crippen LogP contribution in [0.1, 0.15) is 12.0 Å². The normalized spacial score (nSPS) is 14.2. The molecule has 15 heavy (non-hydrogen) atoms. The largest absolute Gasteiger partial charge is 0.260 e. The minimum atomic E-state index is 0.795. The summed E-state index contributed by atoms with van der Waals surface area (Å²) in [7, 11) is 0. The van der Waals surface area contributed by atoms with E-state index in [1.54, 1.807) is 0 Å². The summed E-state index contributed by atoms with van der Waals surface area (Å²) in [5.41, 5.74) is 2.36. The van der Waals surface area contributed by atoms with Gasteiger partial charge in [-0.2, -0.15) is 0 Å². The molecule has 0 fully saturated rings. The SMILES string of the molecule is Clc1cccc2ccc3c(c12)N=CCC3. The lowest BCUT2D eigenvalue weighted by atomic mass is 9.99. The van der Waals surface area contributed by atoms with E-state index in [9.17, 15) is 0 Å². The Hall–Kier alpha value is -1.34. The summed E-state index contributed by atoms with van der Waals surface area (Å²) in [5, 5.41) is 3.05. The van der Waals surface area contributed by atoms with Crippen LogP contribution in [0.15, 0.2) is 35.3 Å². The molecule has 3 rings (SSSR count). The number of nitrogens with zero attached hydrogens (tertiary/aromatic N) is 1. The highest BCUT2D eigenvalue weighted by atomic mass is 35.5. The molecule has 0 aromatic heterocycles. The van der Waals surface area contributed by atoms with Crippen molar-refractivity contribution < 1.29 is 0 Å². The van der Waals surface area contributed by atoms with Crippen LogP contribution in [0.2, 0.25) is 5.02 Å². The molecule has 0 atom stereocenters. The number of hydrogen-bond acceptors (Lipinski definition) is 1. The van der Waals surface area contributed by atoms with Gasteiger partial charge in [0.2, 0.25) is 0 Å². The Balaban J connectivity index is 2.46. The molecule has 0 saturated carbocycles. The maximum Gasteiger partial charge on any atom is 0.0751 e. The molecule has 0 bridgehead atoms. The van der Waals surface area contributed by atoms with Crippen LogP contribution in [0, 0.1) is 0 Å². The van der Waals surface area contributed by atoms with Crippen LogP contribution < -0.4 is 0 Å². The van der Waals surface area contributed by atoms with Gasteiger partial charge in [0, 0.05) is 11.6 Å². The zero-order chi connectivity index (χ0) is 10.3. The molecule has 0 saturated heterocycles. The fraction of sp³-hybridized carbons (Fsp3) is 0.154. The van der Waals surface area contributed by atoms with E-state index in [1.807, 2.05) is 18.3 Å². The first-order valence-corrected chi connectivity index (χ1v) is 5.47. The molecule has 1 nitrogen and oxygen atoms in total. The van der Waals surface area contributed by atoms with Crippen LogP contribution in [0.3, 0.4) is 0 Å². The predicted octanol–water partition coefficient (Wildman–Crippen LogP) is 4.14. The number of benzene rings is 2. The number of rotatable bonds is 0. The molecule has 1 aliphatic heterocycles. The quantitative estimate of drug-likeness (QED) is 0.626. The summed E-state index contributed by atoms with van der Waals surface area (Å²) in [6, 6.07) is 10.3. The van der Waals surface area contributed by atoms with Gasteiger partial charge < -0.3 is 0 Å². The summed E-state index contributed by atoms with van der Waals surface area (Å²) < 4.78 is 0. The number of aliphatic imine (C=N–C) groups is 1. The Morgan fingerprint density at radius 2 is 2.07 bits per heavy atom. The van der Waals surface area contributed by atoms with Crippen molar-refractivity contribution in [1.29, 1.82) is 0 Å². The molecule has 0 N–H and O–H groups in total. The smallest absolute Gasteiger partial charge is 0.0751 e. The number of hydrogen-bond donors (Lipinski definition) is 0. The molecular weight excluding hydrogens is 206 g/mol. The van der Waals surface area contributed by atoms with Gasteiger partial charge in [0.25, 0.3) is 0 Å². The van der Waals surface area contributed by atoms with Gasteiger partial charge >= 0.3 is 0 Å². The molecule has 0 radical (unpaired) electrons. The number of halogens is 1. The third-order valence-electron chi connectivity index (χ3n) is 2.81. The minimum absolute atomic E-state index is 0.795. The lowest BCUT2D eigenvalue weighted by Crippen LogP contribution is -1.94. The average Bonchev–Trinajstić information content (AvgIpc) is 2.29. The number of fused-ring (bicyclic) bond motifs is 3. The molecule has 74 valence electrons. The second-order valence-electron chi connectivity index (χ2n) is 3.76. The van der Waals surface area contributed by atoms with Crippen LogP contribution in [-0.2, 0) is 6.42 Å². The van der Waals surface area contributed by atoms with E-state index in [1.165, 1.54) is 10.9 Å². The third-order valence-corrected chi connectivity index (χ3v) is 3.13. The van der Waals surface area contributed by atoms with E-state index in [2.05, 4.69) is 23.2 Å². The van der Waals surface area contributed by atoms with Crippen LogP contribution in [-0.4, -0.2) is 6.21 Å². The second kappa shape index (κ2) is 3.35.